The van der Waals surface area contributed by atoms with Gasteiger partial charge in [0.2, 0.25) is 0 Å². The fourth-order valence-corrected chi connectivity index (χ4v) is 3.49. The fourth-order valence-electron chi connectivity index (χ4n) is 1.55. The maximum Gasteiger partial charge on any atom is 0.107 e. The molecule has 0 amide bonds. The van der Waals surface area contributed by atoms with E-state index in [0.717, 1.165) is 10.2 Å². The number of nitrogens with two attached hydrogens (primary N) is 1. The lowest BCUT2D eigenvalue weighted by molar-refractivity contribution is 1.19. The van der Waals surface area contributed by atoms with Crippen LogP contribution in [0.25, 0.3) is 0 Å². The van der Waals surface area contributed by atoms with Gasteiger partial charge < -0.3 is 11.1 Å². The van der Waals surface area contributed by atoms with Gasteiger partial charge in [-0.05, 0) is 34.1 Å². The first-order chi connectivity index (χ1) is 8.58. The summed E-state index contributed by atoms with van der Waals surface area (Å²) in [6.07, 6.45) is 0. The minimum absolute atomic E-state index is 0.301. The normalized spacial score (nSPS) is 10.3. The zero-order valence-corrected chi connectivity index (χ0v) is 13.2. The van der Waals surface area contributed by atoms with Crippen LogP contribution in [0.15, 0.2) is 34.1 Å². The molecule has 3 N–H and O–H groups in total. The van der Waals surface area contributed by atoms with Crippen molar-refractivity contribution in [2.75, 3.05) is 5.32 Å². The van der Waals surface area contributed by atoms with Gasteiger partial charge in [-0.2, -0.15) is 0 Å². The number of hydrogen-bond donors (Lipinski definition) is 2. The second-order valence-corrected chi connectivity index (χ2v) is 6.37. The van der Waals surface area contributed by atoms with E-state index in [4.69, 9.17) is 29.6 Å². The number of thiophene rings is 1. The lowest BCUT2D eigenvalue weighted by Crippen LogP contribution is -2.13. The zero-order valence-electron chi connectivity index (χ0n) is 9.24. The number of hydrogen-bond acceptors (Lipinski definition) is 3. The van der Waals surface area contributed by atoms with Gasteiger partial charge >= 0.3 is 0 Å². The van der Waals surface area contributed by atoms with Crippen molar-refractivity contribution in [3.8, 4) is 0 Å². The summed E-state index contributed by atoms with van der Waals surface area (Å²) < 4.78 is 1.09. The van der Waals surface area contributed by atoms with E-state index in [-0.39, 0.29) is 0 Å². The molecule has 0 saturated heterocycles. The molecule has 0 radical (unpaired) electrons. The third-order valence-corrected chi connectivity index (χ3v) is 4.55. The fraction of sp³-hybridized carbons (Fsp3) is 0.0833. The molecular formula is C12H10BrClN2S2. The van der Waals surface area contributed by atoms with Crippen molar-refractivity contribution in [2.45, 2.75) is 6.54 Å². The van der Waals surface area contributed by atoms with Gasteiger partial charge in [0.25, 0.3) is 0 Å². The molecule has 0 spiro atoms. The lowest BCUT2D eigenvalue weighted by Gasteiger charge is -2.11. The van der Waals surface area contributed by atoms with Crippen molar-refractivity contribution in [2.24, 2.45) is 5.73 Å². The Morgan fingerprint density at radius 1 is 1.50 bits per heavy atom. The molecule has 2 aromatic rings. The average molecular weight is 362 g/mol. The van der Waals surface area contributed by atoms with Crippen LogP contribution in [0.4, 0.5) is 5.69 Å². The molecule has 0 aliphatic rings. The van der Waals surface area contributed by atoms with Crippen molar-refractivity contribution >= 4 is 61.8 Å². The maximum absolute atomic E-state index is 6.10. The Hall–Kier alpha value is -0.620. The second kappa shape index (κ2) is 6.02. The highest BCUT2D eigenvalue weighted by Gasteiger charge is 2.09. The Morgan fingerprint density at radius 2 is 2.28 bits per heavy atom. The predicted octanol–water partition coefficient (Wildman–Crippen LogP) is 4.41. The van der Waals surface area contributed by atoms with Gasteiger partial charge in [-0.15, -0.1) is 11.3 Å². The van der Waals surface area contributed by atoms with Gasteiger partial charge in [-0.3, -0.25) is 0 Å². The summed E-state index contributed by atoms with van der Waals surface area (Å²) in [6.45, 7) is 0.715. The summed E-state index contributed by atoms with van der Waals surface area (Å²) in [6, 6.07) is 7.64. The zero-order chi connectivity index (χ0) is 13.1. The maximum atomic E-state index is 6.10. The standard InChI is InChI=1S/C12H10BrClN2S2/c13-7-4-8(18-6-7)5-16-10-3-1-2-9(14)11(10)12(15)17/h1-4,6,16H,5H2,(H2,15,17). The summed E-state index contributed by atoms with van der Waals surface area (Å²) in [5.41, 5.74) is 7.25. The topological polar surface area (TPSA) is 38.0 Å². The van der Waals surface area contributed by atoms with Gasteiger partial charge in [0, 0.05) is 27.0 Å². The molecule has 2 nitrogen and oxygen atoms in total. The predicted molar refractivity (Wildman–Crippen MR) is 86.7 cm³/mol. The van der Waals surface area contributed by atoms with E-state index >= 15 is 0 Å². The quantitative estimate of drug-likeness (QED) is 0.792. The monoisotopic (exact) mass is 360 g/mol. The highest BCUT2D eigenvalue weighted by atomic mass is 79.9. The van der Waals surface area contributed by atoms with Gasteiger partial charge in [0.05, 0.1) is 10.6 Å². The molecule has 0 fully saturated rings. The first-order valence-electron chi connectivity index (χ1n) is 5.13. The van der Waals surface area contributed by atoms with Crippen LogP contribution in [0, 0.1) is 0 Å². The van der Waals surface area contributed by atoms with Crippen LogP contribution in [0.1, 0.15) is 10.4 Å². The molecule has 2 rings (SSSR count). The average Bonchev–Trinajstić information content (AvgIpc) is 2.72. The van der Waals surface area contributed by atoms with Crippen molar-refractivity contribution in [3.63, 3.8) is 0 Å². The molecule has 0 atom stereocenters. The molecule has 0 aliphatic carbocycles. The Morgan fingerprint density at radius 3 is 2.89 bits per heavy atom. The van der Waals surface area contributed by atoms with Crippen LogP contribution in [0.5, 0.6) is 0 Å². The highest BCUT2D eigenvalue weighted by Crippen LogP contribution is 2.26. The Balaban J connectivity index is 2.19. The van der Waals surface area contributed by atoms with E-state index in [1.54, 1.807) is 17.4 Å². The van der Waals surface area contributed by atoms with E-state index in [1.807, 2.05) is 17.5 Å². The summed E-state index contributed by atoms with van der Waals surface area (Å²) >= 11 is 16.2. The van der Waals surface area contributed by atoms with Crippen LogP contribution in [0.3, 0.4) is 0 Å². The van der Waals surface area contributed by atoms with Gasteiger partial charge in [-0.1, -0.05) is 29.9 Å². The molecule has 0 aliphatic heterocycles. The van der Waals surface area contributed by atoms with E-state index in [0.29, 0.717) is 22.1 Å². The van der Waals surface area contributed by atoms with Gasteiger partial charge in [0.1, 0.15) is 4.99 Å². The van der Waals surface area contributed by atoms with E-state index < -0.39 is 0 Å². The molecule has 94 valence electrons. The van der Waals surface area contributed by atoms with Crippen LogP contribution < -0.4 is 11.1 Å². The van der Waals surface area contributed by atoms with E-state index in [1.165, 1.54) is 4.88 Å². The first kappa shape index (κ1) is 13.8. The number of anilines is 1. The van der Waals surface area contributed by atoms with Crippen molar-refractivity contribution < 1.29 is 0 Å². The summed E-state index contributed by atoms with van der Waals surface area (Å²) in [7, 11) is 0. The first-order valence-corrected chi connectivity index (χ1v) is 7.59. The van der Waals surface area contributed by atoms with Crippen molar-refractivity contribution in [3.05, 3.63) is 49.6 Å². The summed E-state index contributed by atoms with van der Waals surface area (Å²) in [5, 5.41) is 5.92. The number of benzene rings is 1. The molecule has 0 unspecified atom stereocenters. The van der Waals surface area contributed by atoms with Crippen LogP contribution in [-0.2, 0) is 6.54 Å². The van der Waals surface area contributed by atoms with Crippen LogP contribution in [-0.4, -0.2) is 4.99 Å². The molecular weight excluding hydrogens is 352 g/mol. The number of thiocarbonyl (C=S) groups is 1. The largest absolute Gasteiger partial charge is 0.389 e. The van der Waals surface area contributed by atoms with Gasteiger partial charge in [0.15, 0.2) is 0 Å². The summed E-state index contributed by atoms with van der Waals surface area (Å²) in [4.78, 5) is 1.52. The van der Waals surface area contributed by atoms with Crippen molar-refractivity contribution in [1.29, 1.82) is 0 Å². The Labute approximate surface area is 128 Å². The molecule has 18 heavy (non-hydrogen) atoms. The molecule has 0 bridgehead atoms. The van der Waals surface area contributed by atoms with Gasteiger partial charge in [-0.25, -0.2) is 0 Å². The van der Waals surface area contributed by atoms with Crippen molar-refractivity contribution in [1.82, 2.24) is 0 Å². The lowest BCUT2D eigenvalue weighted by atomic mass is 10.1. The smallest absolute Gasteiger partial charge is 0.107 e. The molecule has 1 heterocycles. The molecule has 0 saturated carbocycles. The minimum Gasteiger partial charge on any atom is -0.389 e. The minimum atomic E-state index is 0.301. The third kappa shape index (κ3) is 3.23. The molecule has 1 aromatic carbocycles. The van der Waals surface area contributed by atoms with E-state index in [2.05, 4.69) is 27.3 Å². The summed E-state index contributed by atoms with van der Waals surface area (Å²) in [5.74, 6) is 0. The SMILES string of the molecule is NC(=S)c1c(Cl)cccc1NCc1cc(Br)cs1. The molecule has 6 heteroatoms. The Kier molecular flexibility index (Phi) is 4.61. The number of rotatable bonds is 4. The van der Waals surface area contributed by atoms with Crippen LogP contribution >= 0.6 is 51.1 Å². The van der Waals surface area contributed by atoms with E-state index in [9.17, 15) is 0 Å². The second-order valence-electron chi connectivity index (χ2n) is 3.61. The Bertz CT molecular complexity index is 583. The number of halogens is 2. The number of nitrogens with one attached hydrogen (secondary N) is 1. The van der Waals surface area contributed by atoms with Crippen LogP contribution in [0.2, 0.25) is 5.02 Å². The third-order valence-electron chi connectivity index (χ3n) is 2.33. The highest BCUT2D eigenvalue weighted by molar-refractivity contribution is 9.10. The molecule has 1 aromatic heterocycles.